The van der Waals surface area contributed by atoms with E-state index in [-0.39, 0.29) is 12.5 Å². The smallest absolute Gasteiger partial charge is 0.255 e. The molecule has 1 heterocycles. The van der Waals surface area contributed by atoms with E-state index in [1.165, 1.54) is 0 Å². The van der Waals surface area contributed by atoms with Crippen molar-refractivity contribution >= 4 is 21.8 Å². The van der Waals surface area contributed by atoms with Crippen molar-refractivity contribution in [2.45, 2.75) is 20.3 Å². The number of carbonyl (C=O) groups excluding carboxylic acids is 1. The number of hydrogen-bond acceptors (Lipinski definition) is 3. The van der Waals surface area contributed by atoms with Gasteiger partial charge in [-0.3, -0.25) is 4.79 Å². The van der Waals surface area contributed by atoms with Gasteiger partial charge in [-0.1, -0.05) is 0 Å². The predicted molar refractivity (Wildman–Crippen MR) is 59.9 cm³/mol. The largest absolute Gasteiger partial charge is 0.465 e. The molecule has 84 valence electrons. The molecule has 0 radical (unpaired) electrons. The Labute approximate surface area is 96.8 Å². The summed E-state index contributed by atoms with van der Waals surface area (Å²) in [6, 6.07) is 0. The Kier molecular flexibility index (Phi) is 4.35. The number of hydrogen-bond donors (Lipinski definition) is 2. The number of rotatable bonds is 4. The zero-order valence-corrected chi connectivity index (χ0v) is 10.3. The molecule has 0 atom stereocenters. The summed E-state index contributed by atoms with van der Waals surface area (Å²) >= 11 is 3.31. The van der Waals surface area contributed by atoms with Crippen LogP contribution in [0, 0.1) is 13.8 Å². The average molecular weight is 276 g/mol. The summed E-state index contributed by atoms with van der Waals surface area (Å²) in [5.74, 6) is 1.12. The fourth-order valence-electron chi connectivity index (χ4n) is 1.28. The van der Waals surface area contributed by atoms with E-state index in [4.69, 9.17) is 9.52 Å². The standard InChI is InChI=1S/C10H14BrNO3/c1-6-8(9(11)7(2)15-6)10(14)12-4-3-5-13/h13H,3-5H2,1-2H3,(H,12,14). The van der Waals surface area contributed by atoms with Crippen LogP contribution >= 0.6 is 15.9 Å². The van der Waals surface area contributed by atoms with Crippen molar-refractivity contribution in [2.24, 2.45) is 0 Å². The summed E-state index contributed by atoms with van der Waals surface area (Å²) in [5, 5.41) is 11.3. The third kappa shape index (κ3) is 2.82. The van der Waals surface area contributed by atoms with E-state index in [2.05, 4.69) is 21.2 Å². The van der Waals surface area contributed by atoms with Crippen molar-refractivity contribution in [3.63, 3.8) is 0 Å². The van der Waals surface area contributed by atoms with E-state index in [0.29, 0.717) is 34.5 Å². The van der Waals surface area contributed by atoms with Crippen molar-refractivity contribution in [1.82, 2.24) is 5.32 Å². The number of aliphatic hydroxyl groups excluding tert-OH is 1. The summed E-state index contributed by atoms with van der Waals surface area (Å²) in [7, 11) is 0. The molecule has 0 unspecified atom stereocenters. The number of halogens is 1. The van der Waals surface area contributed by atoms with Gasteiger partial charge in [0.25, 0.3) is 5.91 Å². The quantitative estimate of drug-likeness (QED) is 0.824. The zero-order chi connectivity index (χ0) is 11.4. The lowest BCUT2D eigenvalue weighted by molar-refractivity contribution is 0.0949. The van der Waals surface area contributed by atoms with Gasteiger partial charge in [0.05, 0.1) is 10.0 Å². The highest BCUT2D eigenvalue weighted by molar-refractivity contribution is 9.10. The lowest BCUT2D eigenvalue weighted by Crippen LogP contribution is -2.25. The first-order chi connectivity index (χ1) is 7.07. The molecule has 0 aliphatic carbocycles. The molecule has 4 nitrogen and oxygen atoms in total. The minimum absolute atomic E-state index is 0.0743. The van der Waals surface area contributed by atoms with Crippen LogP contribution in [-0.2, 0) is 0 Å². The molecular weight excluding hydrogens is 262 g/mol. The molecule has 5 heteroatoms. The number of aliphatic hydroxyl groups is 1. The van der Waals surface area contributed by atoms with Gasteiger partial charge >= 0.3 is 0 Å². The highest BCUT2D eigenvalue weighted by Crippen LogP contribution is 2.26. The van der Waals surface area contributed by atoms with Crippen molar-refractivity contribution in [1.29, 1.82) is 0 Å². The van der Waals surface area contributed by atoms with Gasteiger partial charge in [-0.25, -0.2) is 0 Å². The van der Waals surface area contributed by atoms with Crippen LogP contribution in [0.25, 0.3) is 0 Å². The van der Waals surface area contributed by atoms with Crippen molar-refractivity contribution in [3.8, 4) is 0 Å². The Bertz CT molecular complexity index is 360. The molecule has 0 saturated carbocycles. The Morgan fingerprint density at radius 3 is 2.60 bits per heavy atom. The molecule has 1 amide bonds. The van der Waals surface area contributed by atoms with E-state index >= 15 is 0 Å². The fraction of sp³-hybridized carbons (Fsp3) is 0.500. The summed E-state index contributed by atoms with van der Waals surface area (Å²) in [4.78, 5) is 11.7. The fourth-order valence-corrected chi connectivity index (χ4v) is 1.83. The van der Waals surface area contributed by atoms with Crippen LogP contribution in [0.4, 0.5) is 0 Å². The summed E-state index contributed by atoms with van der Waals surface area (Å²) in [6.45, 7) is 4.08. The number of furan rings is 1. The minimum atomic E-state index is -0.176. The average Bonchev–Trinajstić information content (AvgIpc) is 2.41. The summed E-state index contributed by atoms with van der Waals surface area (Å²) in [6.07, 6.45) is 0.555. The molecule has 0 bridgehead atoms. The highest BCUT2D eigenvalue weighted by Gasteiger charge is 2.18. The molecule has 0 aromatic carbocycles. The second kappa shape index (κ2) is 5.32. The van der Waals surface area contributed by atoms with E-state index < -0.39 is 0 Å². The van der Waals surface area contributed by atoms with Gasteiger partial charge in [-0.05, 0) is 36.2 Å². The molecule has 0 fully saturated rings. The molecule has 15 heavy (non-hydrogen) atoms. The Morgan fingerprint density at radius 2 is 2.13 bits per heavy atom. The molecular formula is C10H14BrNO3. The van der Waals surface area contributed by atoms with Crippen LogP contribution in [0.15, 0.2) is 8.89 Å². The second-order valence-corrected chi connectivity index (χ2v) is 4.03. The first-order valence-electron chi connectivity index (χ1n) is 4.72. The van der Waals surface area contributed by atoms with Gasteiger partial charge in [0, 0.05) is 13.2 Å². The molecule has 1 aromatic heterocycles. The van der Waals surface area contributed by atoms with Crippen molar-refractivity contribution < 1.29 is 14.3 Å². The van der Waals surface area contributed by atoms with Crippen molar-refractivity contribution in [2.75, 3.05) is 13.2 Å². The zero-order valence-electron chi connectivity index (χ0n) is 8.76. The lowest BCUT2D eigenvalue weighted by atomic mass is 10.2. The SMILES string of the molecule is Cc1oc(C)c(C(=O)NCCCO)c1Br. The van der Waals surface area contributed by atoms with Crippen LogP contribution < -0.4 is 5.32 Å². The van der Waals surface area contributed by atoms with Crippen LogP contribution in [0.1, 0.15) is 28.3 Å². The van der Waals surface area contributed by atoms with Crippen LogP contribution in [0.5, 0.6) is 0 Å². The third-order valence-corrected chi connectivity index (χ3v) is 2.99. The number of amides is 1. The monoisotopic (exact) mass is 275 g/mol. The number of aryl methyl sites for hydroxylation is 2. The van der Waals surface area contributed by atoms with Crippen LogP contribution in [0.2, 0.25) is 0 Å². The van der Waals surface area contributed by atoms with Gasteiger partial charge in [-0.15, -0.1) is 0 Å². The molecule has 0 aliphatic heterocycles. The number of carbonyl (C=O) groups is 1. The second-order valence-electron chi connectivity index (χ2n) is 3.24. The first kappa shape index (κ1) is 12.3. The lowest BCUT2D eigenvalue weighted by Gasteiger charge is -2.02. The van der Waals surface area contributed by atoms with Crippen LogP contribution in [-0.4, -0.2) is 24.2 Å². The Morgan fingerprint density at radius 1 is 1.47 bits per heavy atom. The Hall–Kier alpha value is -0.810. The van der Waals surface area contributed by atoms with Gasteiger partial charge in [-0.2, -0.15) is 0 Å². The van der Waals surface area contributed by atoms with E-state index in [0.717, 1.165) is 0 Å². The molecule has 0 spiro atoms. The van der Waals surface area contributed by atoms with Gasteiger partial charge in [0.2, 0.25) is 0 Å². The maximum Gasteiger partial charge on any atom is 0.255 e. The minimum Gasteiger partial charge on any atom is -0.465 e. The van der Waals surface area contributed by atoms with Crippen LogP contribution in [0.3, 0.4) is 0 Å². The van der Waals surface area contributed by atoms with Crippen molar-refractivity contribution in [3.05, 3.63) is 21.6 Å². The highest BCUT2D eigenvalue weighted by atomic mass is 79.9. The molecule has 2 N–H and O–H groups in total. The summed E-state index contributed by atoms with van der Waals surface area (Å²) < 4.78 is 6.01. The molecule has 1 rings (SSSR count). The van der Waals surface area contributed by atoms with E-state index in [1.54, 1.807) is 13.8 Å². The summed E-state index contributed by atoms with van der Waals surface area (Å²) in [5.41, 5.74) is 0.533. The normalized spacial score (nSPS) is 10.4. The Balaban J connectivity index is 2.73. The van der Waals surface area contributed by atoms with Gasteiger partial charge in [0.1, 0.15) is 11.5 Å². The van der Waals surface area contributed by atoms with Gasteiger partial charge in [0.15, 0.2) is 0 Å². The maximum absolute atomic E-state index is 11.7. The van der Waals surface area contributed by atoms with E-state index in [9.17, 15) is 4.79 Å². The topological polar surface area (TPSA) is 62.5 Å². The first-order valence-corrected chi connectivity index (χ1v) is 5.51. The van der Waals surface area contributed by atoms with E-state index in [1.807, 2.05) is 0 Å². The molecule has 0 saturated heterocycles. The third-order valence-electron chi connectivity index (χ3n) is 2.03. The molecule has 0 aliphatic rings. The van der Waals surface area contributed by atoms with Gasteiger partial charge < -0.3 is 14.8 Å². The molecule has 1 aromatic rings. The number of nitrogens with one attached hydrogen (secondary N) is 1. The predicted octanol–water partition coefficient (Wildman–Crippen LogP) is 1.77. The maximum atomic E-state index is 11.7.